The van der Waals surface area contributed by atoms with Crippen molar-refractivity contribution in [2.45, 2.75) is 13.0 Å². The monoisotopic (exact) mass is 203 g/mol. The number of nitrogens with zero attached hydrogens (tertiary/aromatic N) is 1. The van der Waals surface area contributed by atoms with Crippen LogP contribution in [0.15, 0.2) is 30.3 Å². The van der Waals surface area contributed by atoms with Crippen molar-refractivity contribution in [3.8, 4) is 5.75 Å². The highest BCUT2D eigenvalue weighted by Crippen LogP contribution is 2.26. The van der Waals surface area contributed by atoms with E-state index in [1.807, 2.05) is 30.3 Å². The fourth-order valence-electron chi connectivity index (χ4n) is 1.57. The SMILES string of the molecule is COc1cc2ccccc2nc1C(C)O. The van der Waals surface area contributed by atoms with Gasteiger partial charge in [0.1, 0.15) is 11.4 Å². The Balaban J connectivity index is 2.69. The Morgan fingerprint density at radius 2 is 2.07 bits per heavy atom. The third-order valence-electron chi connectivity index (χ3n) is 2.33. The molecule has 0 bridgehead atoms. The van der Waals surface area contributed by atoms with Crippen molar-refractivity contribution in [1.29, 1.82) is 0 Å². The Labute approximate surface area is 88.3 Å². The van der Waals surface area contributed by atoms with Gasteiger partial charge in [0.25, 0.3) is 0 Å². The minimum atomic E-state index is -0.621. The molecule has 0 saturated heterocycles. The summed E-state index contributed by atoms with van der Waals surface area (Å²) >= 11 is 0. The molecule has 0 fully saturated rings. The number of hydrogen-bond donors (Lipinski definition) is 1. The standard InChI is InChI=1S/C12H13NO2/c1-8(14)12-11(15-2)7-9-5-3-4-6-10(9)13-12/h3-8,14H,1-2H3. The summed E-state index contributed by atoms with van der Waals surface area (Å²) in [6.45, 7) is 1.68. The highest BCUT2D eigenvalue weighted by Gasteiger charge is 2.11. The van der Waals surface area contributed by atoms with E-state index in [0.29, 0.717) is 11.4 Å². The van der Waals surface area contributed by atoms with E-state index in [9.17, 15) is 5.11 Å². The predicted octanol–water partition coefficient (Wildman–Crippen LogP) is 2.30. The lowest BCUT2D eigenvalue weighted by Gasteiger charge is -2.11. The number of methoxy groups -OCH3 is 1. The first-order valence-electron chi connectivity index (χ1n) is 4.84. The molecule has 3 heteroatoms. The fraction of sp³-hybridized carbons (Fsp3) is 0.250. The normalized spacial score (nSPS) is 12.7. The van der Waals surface area contributed by atoms with Crippen molar-refractivity contribution >= 4 is 10.9 Å². The van der Waals surface area contributed by atoms with Gasteiger partial charge < -0.3 is 9.84 Å². The molecule has 0 saturated carbocycles. The number of ether oxygens (including phenoxy) is 1. The van der Waals surface area contributed by atoms with Crippen LogP contribution >= 0.6 is 0 Å². The summed E-state index contributed by atoms with van der Waals surface area (Å²) in [5.74, 6) is 0.628. The average Bonchev–Trinajstić information content (AvgIpc) is 2.27. The lowest BCUT2D eigenvalue weighted by molar-refractivity contribution is 0.189. The minimum Gasteiger partial charge on any atom is -0.495 e. The zero-order valence-electron chi connectivity index (χ0n) is 8.77. The van der Waals surface area contributed by atoms with Crippen LogP contribution in [0, 0.1) is 0 Å². The Kier molecular flexibility index (Phi) is 2.56. The lowest BCUT2D eigenvalue weighted by atomic mass is 10.1. The molecule has 0 radical (unpaired) electrons. The van der Waals surface area contributed by atoms with Crippen LogP contribution < -0.4 is 4.74 Å². The summed E-state index contributed by atoms with van der Waals surface area (Å²) in [5.41, 5.74) is 1.45. The molecule has 0 aliphatic carbocycles. The molecule has 2 aromatic rings. The molecule has 2 rings (SSSR count). The summed E-state index contributed by atoms with van der Waals surface area (Å²) in [7, 11) is 1.58. The number of para-hydroxylation sites is 1. The van der Waals surface area contributed by atoms with Gasteiger partial charge in [-0.2, -0.15) is 0 Å². The van der Waals surface area contributed by atoms with Crippen LogP contribution in [0.25, 0.3) is 10.9 Å². The highest BCUT2D eigenvalue weighted by atomic mass is 16.5. The lowest BCUT2D eigenvalue weighted by Crippen LogP contribution is -2.00. The molecule has 15 heavy (non-hydrogen) atoms. The number of aromatic nitrogens is 1. The summed E-state index contributed by atoms with van der Waals surface area (Å²) in [4.78, 5) is 4.37. The van der Waals surface area contributed by atoms with Crippen LogP contribution in [0.1, 0.15) is 18.7 Å². The maximum absolute atomic E-state index is 9.55. The van der Waals surface area contributed by atoms with Crippen LogP contribution in [0.3, 0.4) is 0 Å². The second-order valence-corrected chi connectivity index (χ2v) is 3.44. The van der Waals surface area contributed by atoms with E-state index in [2.05, 4.69) is 4.98 Å². The topological polar surface area (TPSA) is 42.4 Å². The van der Waals surface area contributed by atoms with Gasteiger partial charge in [0, 0.05) is 5.39 Å². The van der Waals surface area contributed by atoms with Gasteiger partial charge in [0.15, 0.2) is 0 Å². The molecule has 78 valence electrons. The molecule has 1 unspecified atom stereocenters. The first-order valence-corrected chi connectivity index (χ1v) is 4.84. The van der Waals surface area contributed by atoms with E-state index in [4.69, 9.17) is 4.74 Å². The van der Waals surface area contributed by atoms with Gasteiger partial charge >= 0.3 is 0 Å². The molecule has 0 aliphatic rings. The van der Waals surface area contributed by atoms with Gasteiger partial charge in [0.05, 0.1) is 18.7 Å². The molecule has 0 spiro atoms. The number of aliphatic hydroxyl groups is 1. The molecule has 0 aliphatic heterocycles. The zero-order valence-corrected chi connectivity index (χ0v) is 8.77. The number of fused-ring (bicyclic) bond motifs is 1. The van der Waals surface area contributed by atoms with Crippen molar-refractivity contribution in [1.82, 2.24) is 4.98 Å². The van der Waals surface area contributed by atoms with Crippen LogP contribution in [-0.4, -0.2) is 17.2 Å². The Morgan fingerprint density at radius 3 is 2.73 bits per heavy atom. The van der Waals surface area contributed by atoms with E-state index < -0.39 is 6.10 Å². The van der Waals surface area contributed by atoms with Gasteiger partial charge in [-0.3, -0.25) is 0 Å². The summed E-state index contributed by atoms with van der Waals surface area (Å²) in [6.07, 6.45) is -0.621. The van der Waals surface area contributed by atoms with E-state index in [-0.39, 0.29) is 0 Å². The summed E-state index contributed by atoms with van der Waals surface area (Å²) < 4.78 is 5.19. The first kappa shape index (κ1) is 9.93. The third kappa shape index (κ3) is 1.78. The maximum atomic E-state index is 9.55. The van der Waals surface area contributed by atoms with E-state index in [1.54, 1.807) is 14.0 Å². The second-order valence-electron chi connectivity index (χ2n) is 3.44. The molecule has 1 atom stereocenters. The summed E-state index contributed by atoms with van der Waals surface area (Å²) in [6, 6.07) is 9.65. The van der Waals surface area contributed by atoms with Crippen LogP contribution in [0.4, 0.5) is 0 Å². The molecule has 1 aromatic carbocycles. The van der Waals surface area contributed by atoms with E-state index in [1.165, 1.54) is 0 Å². The van der Waals surface area contributed by atoms with Crippen molar-refractivity contribution < 1.29 is 9.84 Å². The van der Waals surface area contributed by atoms with E-state index in [0.717, 1.165) is 10.9 Å². The third-order valence-corrected chi connectivity index (χ3v) is 2.33. The van der Waals surface area contributed by atoms with Gasteiger partial charge in [-0.25, -0.2) is 4.98 Å². The van der Waals surface area contributed by atoms with Crippen molar-refractivity contribution in [2.75, 3.05) is 7.11 Å². The largest absolute Gasteiger partial charge is 0.495 e. The molecular weight excluding hydrogens is 190 g/mol. The predicted molar refractivity (Wildman–Crippen MR) is 58.9 cm³/mol. The number of benzene rings is 1. The van der Waals surface area contributed by atoms with Crippen LogP contribution in [-0.2, 0) is 0 Å². The van der Waals surface area contributed by atoms with Gasteiger partial charge in [-0.15, -0.1) is 0 Å². The minimum absolute atomic E-state index is 0.580. The maximum Gasteiger partial charge on any atom is 0.143 e. The summed E-state index contributed by atoms with van der Waals surface area (Å²) in [5, 5.41) is 10.6. The van der Waals surface area contributed by atoms with Gasteiger partial charge in [-0.05, 0) is 19.1 Å². The second kappa shape index (κ2) is 3.87. The first-order chi connectivity index (χ1) is 7.22. The molecule has 1 heterocycles. The zero-order chi connectivity index (χ0) is 10.8. The number of aliphatic hydroxyl groups excluding tert-OH is 1. The Bertz CT molecular complexity index is 480. The Morgan fingerprint density at radius 1 is 1.33 bits per heavy atom. The van der Waals surface area contributed by atoms with E-state index >= 15 is 0 Å². The molecule has 0 amide bonds. The molecule has 3 nitrogen and oxygen atoms in total. The van der Waals surface area contributed by atoms with Crippen molar-refractivity contribution in [3.63, 3.8) is 0 Å². The van der Waals surface area contributed by atoms with Crippen molar-refractivity contribution in [2.24, 2.45) is 0 Å². The Hall–Kier alpha value is -1.61. The smallest absolute Gasteiger partial charge is 0.143 e. The number of rotatable bonds is 2. The molecule has 1 aromatic heterocycles. The quantitative estimate of drug-likeness (QED) is 0.814. The molecular formula is C12H13NO2. The number of pyridine rings is 1. The van der Waals surface area contributed by atoms with Crippen molar-refractivity contribution in [3.05, 3.63) is 36.0 Å². The average molecular weight is 203 g/mol. The molecule has 1 N–H and O–H groups in total. The highest BCUT2D eigenvalue weighted by molar-refractivity contribution is 5.80. The van der Waals surface area contributed by atoms with Gasteiger partial charge in [0.2, 0.25) is 0 Å². The van der Waals surface area contributed by atoms with Crippen LogP contribution in [0.5, 0.6) is 5.75 Å². The van der Waals surface area contributed by atoms with Crippen LogP contribution in [0.2, 0.25) is 0 Å². The fourth-order valence-corrected chi connectivity index (χ4v) is 1.57. The number of hydrogen-bond acceptors (Lipinski definition) is 3. The van der Waals surface area contributed by atoms with Gasteiger partial charge in [-0.1, -0.05) is 18.2 Å².